The molecule has 0 radical (unpaired) electrons. The maximum atomic E-state index is 4.57. The molecule has 1 aromatic rings. The lowest BCUT2D eigenvalue weighted by atomic mass is 10.1. The average molecular weight is 439 g/mol. The van der Waals surface area contributed by atoms with Crippen LogP contribution in [0.1, 0.15) is 37.6 Å². The normalized spacial score (nSPS) is 12.0. The second kappa shape index (κ2) is 11.2. The van der Waals surface area contributed by atoms with E-state index in [1.54, 1.807) is 11.3 Å². The van der Waals surface area contributed by atoms with E-state index in [9.17, 15) is 0 Å². The SMILES string of the molecule is CCNC(=NCCNC(C)(C)C)NCCc1ncc(C)s1.I. The first-order valence-corrected chi connectivity index (χ1v) is 8.41. The lowest BCUT2D eigenvalue weighted by Gasteiger charge is -2.19. The molecule has 0 saturated heterocycles. The van der Waals surface area contributed by atoms with Gasteiger partial charge in [0.2, 0.25) is 0 Å². The molecular formula is C15H30IN5S. The van der Waals surface area contributed by atoms with Crippen molar-refractivity contribution in [1.82, 2.24) is 20.9 Å². The van der Waals surface area contributed by atoms with Gasteiger partial charge < -0.3 is 16.0 Å². The van der Waals surface area contributed by atoms with Crippen LogP contribution < -0.4 is 16.0 Å². The van der Waals surface area contributed by atoms with Crippen LogP contribution in [0, 0.1) is 6.92 Å². The molecule has 0 bridgehead atoms. The molecule has 22 heavy (non-hydrogen) atoms. The Balaban J connectivity index is 0.00000441. The van der Waals surface area contributed by atoms with Gasteiger partial charge in [-0.25, -0.2) is 4.98 Å². The van der Waals surface area contributed by atoms with Gasteiger partial charge in [0.05, 0.1) is 11.6 Å². The molecule has 0 spiro atoms. The molecule has 1 aromatic heterocycles. The van der Waals surface area contributed by atoms with Crippen LogP contribution in [0.3, 0.4) is 0 Å². The van der Waals surface area contributed by atoms with Gasteiger partial charge in [-0.1, -0.05) is 0 Å². The number of hydrogen-bond donors (Lipinski definition) is 3. The summed E-state index contributed by atoms with van der Waals surface area (Å²) in [6.45, 7) is 14.0. The molecule has 0 aliphatic heterocycles. The Morgan fingerprint density at radius 3 is 2.55 bits per heavy atom. The zero-order valence-corrected chi connectivity index (χ0v) is 17.5. The first-order chi connectivity index (χ1) is 9.90. The highest BCUT2D eigenvalue weighted by Crippen LogP contribution is 2.10. The predicted octanol–water partition coefficient (Wildman–Crippen LogP) is 2.56. The highest BCUT2D eigenvalue weighted by molar-refractivity contribution is 14.0. The second-order valence-corrected chi connectivity index (χ2v) is 7.30. The summed E-state index contributed by atoms with van der Waals surface area (Å²) < 4.78 is 0. The molecule has 1 heterocycles. The third-order valence-corrected chi connectivity index (χ3v) is 3.65. The molecular weight excluding hydrogens is 409 g/mol. The molecule has 0 amide bonds. The number of aromatic nitrogens is 1. The zero-order chi connectivity index (χ0) is 15.7. The molecule has 0 unspecified atom stereocenters. The van der Waals surface area contributed by atoms with Crippen LogP contribution >= 0.6 is 35.3 Å². The van der Waals surface area contributed by atoms with Gasteiger partial charge in [-0.05, 0) is 34.6 Å². The summed E-state index contributed by atoms with van der Waals surface area (Å²) >= 11 is 1.76. The first-order valence-electron chi connectivity index (χ1n) is 7.59. The van der Waals surface area contributed by atoms with Gasteiger partial charge in [-0.15, -0.1) is 35.3 Å². The summed E-state index contributed by atoms with van der Waals surface area (Å²) in [5, 5.41) is 11.2. The minimum Gasteiger partial charge on any atom is -0.357 e. The molecule has 0 aliphatic rings. The highest BCUT2D eigenvalue weighted by atomic mass is 127. The molecule has 128 valence electrons. The fraction of sp³-hybridized carbons (Fsp3) is 0.733. The molecule has 0 aliphatic carbocycles. The fourth-order valence-corrected chi connectivity index (χ4v) is 2.53. The maximum Gasteiger partial charge on any atom is 0.191 e. The number of nitrogens with one attached hydrogen (secondary N) is 3. The van der Waals surface area contributed by atoms with E-state index < -0.39 is 0 Å². The van der Waals surface area contributed by atoms with Gasteiger partial charge in [0.1, 0.15) is 0 Å². The van der Waals surface area contributed by atoms with Gasteiger partial charge in [0.25, 0.3) is 0 Å². The van der Waals surface area contributed by atoms with Gasteiger partial charge >= 0.3 is 0 Å². The number of halogens is 1. The van der Waals surface area contributed by atoms with Crippen LogP contribution in [0.15, 0.2) is 11.2 Å². The number of nitrogens with zero attached hydrogens (tertiary/aromatic N) is 2. The summed E-state index contributed by atoms with van der Waals surface area (Å²) in [6, 6.07) is 0. The van der Waals surface area contributed by atoms with E-state index in [4.69, 9.17) is 0 Å². The van der Waals surface area contributed by atoms with Crippen molar-refractivity contribution < 1.29 is 0 Å². The largest absolute Gasteiger partial charge is 0.357 e. The number of hydrogen-bond acceptors (Lipinski definition) is 4. The van der Waals surface area contributed by atoms with Crippen molar-refractivity contribution in [2.45, 2.75) is 46.6 Å². The Kier molecular flexibility index (Phi) is 11.0. The average Bonchev–Trinajstić information content (AvgIpc) is 2.79. The minimum absolute atomic E-state index is 0. The maximum absolute atomic E-state index is 4.57. The number of aliphatic imine (C=N–C) groups is 1. The number of rotatable bonds is 7. The first kappa shape index (κ1) is 21.6. The third-order valence-electron chi connectivity index (χ3n) is 2.68. The zero-order valence-electron chi connectivity index (χ0n) is 14.3. The highest BCUT2D eigenvalue weighted by Gasteiger charge is 2.07. The third kappa shape index (κ3) is 10.3. The van der Waals surface area contributed by atoms with Gasteiger partial charge in [0.15, 0.2) is 5.96 Å². The van der Waals surface area contributed by atoms with Crippen molar-refractivity contribution in [3.05, 3.63) is 16.1 Å². The Morgan fingerprint density at radius 2 is 2.00 bits per heavy atom. The van der Waals surface area contributed by atoms with E-state index in [0.717, 1.165) is 38.6 Å². The predicted molar refractivity (Wildman–Crippen MR) is 108 cm³/mol. The monoisotopic (exact) mass is 439 g/mol. The van der Waals surface area contributed by atoms with E-state index in [1.165, 1.54) is 9.88 Å². The quantitative estimate of drug-likeness (QED) is 0.265. The Morgan fingerprint density at radius 1 is 1.27 bits per heavy atom. The van der Waals surface area contributed by atoms with Crippen molar-refractivity contribution in [3.8, 4) is 0 Å². The Labute approximate surface area is 155 Å². The Hall–Kier alpha value is -0.410. The van der Waals surface area contributed by atoms with Crippen LogP contribution in [0.25, 0.3) is 0 Å². The summed E-state index contributed by atoms with van der Waals surface area (Å²) in [5.41, 5.74) is 0.143. The van der Waals surface area contributed by atoms with Crippen LogP contribution in [0.5, 0.6) is 0 Å². The van der Waals surface area contributed by atoms with Crippen molar-refractivity contribution in [3.63, 3.8) is 0 Å². The van der Waals surface area contributed by atoms with Gasteiger partial charge in [-0.2, -0.15) is 0 Å². The van der Waals surface area contributed by atoms with E-state index in [2.05, 4.69) is 60.5 Å². The molecule has 1 rings (SSSR count). The van der Waals surface area contributed by atoms with Crippen molar-refractivity contribution in [2.75, 3.05) is 26.2 Å². The molecule has 0 saturated carbocycles. The summed E-state index contributed by atoms with van der Waals surface area (Å²) in [7, 11) is 0. The topological polar surface area (TPSA) is 61.3 Å². The molecule has 0 atom stereocenters. The van der Waals surface area contributed by atoms with Crippen LogP contribution in [0.2, 0.25) is 0 Å². The Bertz CT molecular complexity index is 439. The van der Waals surface area contributed by atoms with Crippen molar-refractivity contribution in [1.29, 1.82) is 0 Å². The van der Waals surface area contributed by atoms with E-state index in [1.807, 2.05) is 6.20 Å². The standard InChI is InChI=1S/C15H29N5S.HI/c1-6-16-14(18-9-10-20-15(3,4)5)17-8-7-13-19-11-12(2)21-13;/h11,20H,6-10H2,1-5H3,(H2,16,17,18);1H. The van der Waals surface area contributed by atoms with Gasteiger partial charge in [0, 0.05) is 42.7 Å². The van der Waals surface area contributed by atoms with E-state index in [-0.39, 0.29) is 29.5 Å². The second-order valence-electron chi connectivity index (χ2n) is 5.98. The smallest absolute Gasteiger partial charge is 0.191 e. The van der Waals surface area contributed by atoms with E-state index >= 15 is 0 Å². The van der Waals surface area contributed by atoms with Crippen molar-refractivity contribution in [2.24, 2.45) is 4.99 Å². The molecule has 0 aromatic carbocycles. The summed E-state index contributed by atoms with van der Waals surface area (Å²) in [6.07, 6.45) is 2.86. The van der Waals surface area contributed by atoms with Crippen LogP contribution in [0.4, 0.5) is 0 Å². The lowest BCUT2D eigenvalue weighted by Crippen LogP contribution is -2.40. The number of guanidine groups is 1. The van der Waals surface area contributed by atoms with Crippen LogP contribution in [-0.2, 0) is 6.42 Å². The molecule has 3 N–H and O–H groups in total. The lowest BCUT2D eigenvalue weighted by molar-refractivity contribution is 0.432. The van der Waals surface area contributed by atoms with Gasteiger partial charge in [-0.3, -0.25) is 4.99 Å². The summed E-state index contributed by atoms with van der Waals surface area (Å²) in [4.78, 5) is 10.2. The molecule has 5 nitrogen and oxygen atoms in total. The summed E-state index contributed by atoms with van der Waals surface area (Å²) in [5.74, 6) is 0.876. The van der Waals surface area contributed by atoms with E-state index in [0.29, 0.717) is 0 Å². The fourth-order valence-electron chi connectivity index (χ4n) is 1.75. The number of thiazole rings is 1. The molecule has 0 fully saturated rings. The number of aryl methyl sites for hydroxylation is 1. The van der Waals surface area contributed by atoms with Crippen molar-refractivity contribution >= 4 is 41.3 Å². The minimum atomic E-state index is 0. The molecule has 7 heteroatoms. The van der Waals surface area contributed by atoms with Crippen LogP contribution in [-0.4, -0.2) is 42.7 Å².